The maximum Gasteiger partial charge on any atom is 0.225 e. The zero-order valence-electron chi connectivity index (χ0n) is 9.73. The molecule has 0 spiro atoms. The van der Waals surface area contributed by atoms with E-state index in [0.29, 0.717) is 6.54 Å². The maximum absolute atomic E-state index is 11.8. The minimum absolute atomic E-state index is 0.00134. The van der Waals surface area contributed by atoms with Crippen LogP contribution in [0.1, 0.15) is 33.6 Å². The first-order valence-electron chi connectivity index (χ1n) is 5.31. The van der Waals surface area contributed by atoms with Gasteiger partial charge in [-0.15, -0.1) is 0 Å². The van der Waals surface area contributed by atoms with Crippen molar-refractivity contribution in [2.24, 2.45) is 16.8 Å². The molecule has 15 heavy (non-hydrogen) atoms. The van der Waals surface area contributed by atoms with Crippen LogP contribution in [0, 0.1) is 5.92 Å². The molecule has 0 bridgehead atoms. The quantitative estimate of drug-likeness (QED) is 0.300. The van der Waals surface area contributed by atoms with Gasteiger partial charge in [0.1, 0.15) is 0 Å². The van der Waals surface area contributed by atoms with Gasteiger partial charge in [0, 0.05) is 12.5 Å². The van der Waals surface area contributed by atoms with Gasteiger partial charge in [-0.3, -0.25) is 4.79 Å². The van der Waals surface area contributed by atoms with Gasteiger partial charge in [-0.1, -0.05) is 25.4 Å². The molecule has 0 rings (SSSR count). The molecule has 0 aliphatic carbocycles. The summed E-state index contributed by atoms with van der Waals surface area (Å²) < 4.78 is 0. The highest BCUT2D eigenvalue weighted by molar-refractivity contribution is 5.87. The predicted molar refractivity (Wildman–Crippen MR) is 59.7 cm³/mol. The van der Waals surface area contributed by atoms with E-state index in [2.05, 4.69) is 5.16 Å². The van der Waals surface area contributed by atoms with Crippen LogP contribution in [0.15, 0.2) is 5.16 Å². The number of oxime groups is 1. The van der Waals surface area contributed by atoms with Crippen LogP contribution in [0.5, 0.6) is 0 Å². The first kappa shape index (κ1) is 13.7. The smallest absolute Gasteiger partial charge is 0.225 e. The van der Waals surface area contributed by atoms with Gasteiger partial charge >= 0.3 is 0 Å². The molecule has 0 aliphatic rings. The first-order valence-corrected chi connectivity index (χ1v) is 5.31. The van der Waals surface area contributed by atoms with E-state index in [4.69, 9.17) is 10.9 Å². The van der Waals surface area contributed by atoms with E-state index in [1.54, 1.807) is 4.90 Å². The van der Waals surface area contributed by atoms with E-state index >= 15 is 0 Å². The van der Waals surface area contributed by atoms with Gasteiger partial charge in [0.25, 0.3) is 0 Å². The second-order valence-corrected chi connectivity index (χ2v) is 3.63. The van der Waals surface area contributed by atoms with Crippen LogP contribution in [0.25, 0.3) is 0 Å². The van der Waals surface area contributed by atoms with Gasteiger partial charge in [0.2, 0.25) is 5.91 Å². The van der Waals surface area contributed by atoms with Crippen LogP contribution in [0.4, 0.5) is 0 Å². The Bertz CT molecular complexity index is 229. The third-order valence-corrected chi connectivity index (χ3v) is 2.32. The Labute approximate surface area is 90.9 Å². The molecule has 88 valence electrons. The Hall–Kier alpha value is -1.26. The summed E-state index contributed by atoms with van der Waals surface area (Å²) in [7, 11) is 0. The van der Waals surface area contributed by atoms with Crippen molar-refractivity contribution >= 4 is 11.7 Å². The molecule has 0 saturated heterocycles. The van der Waals surface area contributed by atoms with Crippen molar-refractivity contribution in [1.29, 1.82) is 0 Å². The zero-order chi connectivity index (χ0) is 11.8. The number of nitrogens with two attached hydrogens (primary N) is 1. The second-order valence-electron chi connectivity index (χ2n) is 3.63. The summed E-state index contributed by atoms with van der Waals surface area (Å²) in [5, 5.41) is 11.3. The molecule has 0 fully saturated rings. The van der Waals surface area contributed by atoms with Gasteiger partial charge in [-0.05, 0) is 13.3 Å². The Morgan fingerprint density at radius 3 is 2.53 bits per heavy atom. The third-order valence-electron chi connectivity index (χ3n) is 2.32. The van der Waals surface area contributed by atoms with Gasteiger partial charge in [-0.2, -0.15) is 0 Å². The van der Waals surface area contributed by atoms with Gasteiger partial charge in [0.15, 0.2) is 5.84 Å². The van der Waals surface area contributed by atoms with Crippen molar-refractivity contribution in [1.82, 2.24) is 4.90 Å². The normalized spacial score (nSPS) is 13.7. The molecule has 1 amide bonds. The Morgan fingerprint density at radius 2 is 2.13 bits per heavy atom. The summed E-state index contributed by atoms with van der Waals surface area (Å²) in [4.78, 5) is 13.4. The monoisotopic (exact) mass is 215 g/mol. The van der Waals surface area contributed by atoms with Crippen LogP contribution < -0.4 is 5.73 Å². The molecule has 5 nitrogen and oxygen atoms in total. The molecule has 0 aromatic rings. The molecule has 1 atom stereocenters. The van der Waals surface area contributed by atoms with Gasteiger partial charge in [-0.25, -0.2) is 0 Å². The number of rotatable bonds is 6. The topological polar surface area (TPSA) is 78.9 Å². The third kappa shape index (κ3) is 4.67. The summed E-state index contributed by atoms with van der Waals surface area (Å²) in [6, 6.07) is 0. The fraction of sp³-hybridized carbons (Fsp3) is 0.800. The van der Waals surface area contributed by atoms with Crippen molar-refractivity contribution in [2.45, 2.75) is 33.6 Å². The number of carbonyl (C=O) groups excluding carboxylic acids is 1. The van der Waals surface area contributed by atoms with Crippen LogP contribution in [0.2, 0.25) is 0 Å². The molecular weight excluding hydrogens is 194 g/mol. The number of carbonyl (C=O) groups is 1. The van der Waals surface area contributed by atoms with Crippen LogP contribution in [-0.2, 0) is 4.79 Å². The van der Waals surface area contributed by atoms with Gasteiger partial charge in [0.05, 0.1) is 6.54 Å². The Balaban J connectivity index is 4.33. The lowest BCUT2D eigenvalue weighted by molar-refractivity contribution is -0.134. The number of hydrogen-bond acceptors (Lipinski definition) is 3. The lowest BCUT2D eigenvalue weighted by atomic mass is 10.0. The lowest BCUT2D eigenvalue weighted by Gasteiger charge is -2.23. The van der Waals surface area contributed by atoms with Crippen molar-refractivity contribution in [3.05, 3.63) is 0 Å². The summed E-state index contributed by atoms with van der Waals surface area (Å²) >= 11 is 0. The molecule has 0 aliphatic heterocycles. The van der Waals surface area contributed by atoms with Crippen LogP contribution in [-0.4, -0.2) is 34.9 Å². The van der Waals surface area contributed by atoms with E-state index in [0.717, 1.165) is 12.8 Å². The minimum Gasteiger partial charge on any atom is -0.409 e. The molecule has 0 aromatic carbocycles. The lowest BCUT2D eigenvalue weighted by Crippen LogP contribution is -2.41. The fourth-order valence-corrected chi connectivity index (χ4v) is 1.44. The highest BCUT2D eigenvalue weighted by Crippen LogP contribution is 2.09. The second kappa shape index (κ2) is 7.09. The molecule has 0 aromatic heterocycles. The summed E-state index contributed by atoms with van der Waals surface area (Å²) in [5.74, 6) is 0.126. The predicted octanol–water partition coefficient (Wildman–Crippen LogP) is 1.02. The molecule has 5 heteroatoms. The summed E-state index contributed by atoms with van der Waals surface area (Å²) in [6.07, 6.45) is 1.85. The summed E-state index contributed by atoms with van der Waals surface area (Å²) in [6.45, 7) is 6.59. The van der Waals surface area contributed by atoms with E-state index in [-0.39, 0.29) is 24.2 Å². The van der Waals surface area contributed by atoms with Crippen molar-refractivity contribution < 1.29 is 10.0 Å². The molecule has 0 heterocycles. The van der Waals surface area contributed by atoms with Crippen molar-refractivity contribution in [2.75, 3.05) is 13.1 Å². The molecule has 0 saturated carbocycles. The van der Waals surface area contributed by atoms with Crippen LogP contribution >= 0.6 is 0 Å². The van der Waals surface area contributed by atoms with Gasteiger partial charge < -0.3 is 15.8 Å². The number of amidine groups is 1. The van der Waals surface area contributed by atoms with Crippen LogP contribution in [0.3, 0.4) is 0 Å². The number of hydrogen-bond donors (Lipinski definition) is 2. The van der Waals surface area contributed by atoms with E-state index in [1.165, 1.54) is 0 Å². The standard InChI is InChI=1S/C10H21N3O2/c1-4-6-8(3)10(14)13(5-2)7-9(11)12-15/h8,15H,4-7H2,1-3H3,(H2,11,12). The zero-order valence-corrected chi connectivity index (χ0v) is 9.73. The average Bonchev–Trinajstić information content (AvgIpc) is 2.24. The van der Waals surface area contributed by atoms with E-state index < -0.39 is 0 Å². The average molecular weight is 215 g/mol. The number of likely N-dealkylation sites (N-methyl/N-ethyl adjacent to an activating group) is 1. The minimum atomic E-state index is 0.00134. The maximum atomic E-state index is 11.8. The largest absolute Gasteiger partial charge is 0.409 e. The van der Waals surface area contributed by atoms with E-state index in [9.17, 15) is 4.79 Å². The Kier molecular flexibility index (Phi) is 6.49. The molecule has 0 radical (unpaired) electrons. The summed E-state index contributed by atoms with van der Waals surface area (Å²) in [5.41, 5.74) is 5.37. The SMILES string of the molecule is CCCC(C)C(=O)N(CC)CC(N)=NO. The molecule has 1 unspecified atom stereocenters. The van der Waals surface area contributed by atoms with Crippen molar-refractivity contribution in [3.8, 4) is 0 Å². The number of nitrogens with zero attached hydrogens (tertiary/aromatic N) is 2. The molecular formula is C10H21N3O2. The van der Waals surface area contributed by atoms with E-state index in [1.807, 2.05) is 20.8 Å². The Morgan fingerprint density at radius 1 is 1.53 bits per heavy atom. The fourth-order valence-electron chi connectivity index (χ4n) is 1.44. The highest BCUT2D eigenvalue weighted by atomic mass is 16.4. The van der Waals surface area contributed by atoms with Crippen molar-refractivity contribution in [3.63, 3.8) is 0 Å². The molecule has 3 N–H and O–H groups in total. The number of amides is 1. The highest BCUT2D eigenvalue weighted by Gasteiger charge is 2.19. The first-order chi connectivity index (χ1) is 7.06.